The van der Waals surface area contributed by atoms with E-state index in [4.69, 9.17) is 4.74 Å². The number of ether oxygens (including phenoxy) is 1. The van der Waals surface area contributed by atoms with Gasteiger partial charge >= 0.3 is 5.97 Å². The largest absolute Gasteiger partial charge is 0.469 e. The topological polar surface area (TPSA) is 75.6 Å². The van der Waals surface area contributed by atoms with Crippen LogP contribution in [0.2, 0.25) is 0 Å². The van der Waals surface area contributed by atoms with Gasteiger partial charge in [-0.15, -0.1) is 0 Å². The van der Waals surface area contributed by atoms with Crippen LogP contribution in [0.25, 0.3) is 11.1 Å². The summed E-state index contributed by atoms with van der Waals surface area (Å²) in [6.45, 7) is 5.92. The third-order valence-corrected chi connectivity index (χ3v) is 4.66. The van der Waals surface area contributed by atoms with Crippen molar-refractivity contribution < 1.29 is 19.4 Å². The number of rotatable bonds is 8. The number of carbonyl (C=O) groups excluding carboxylic acids is 2. The van der Waals surface area contributed by atoms with Gasteiger partial charge in [-0.25, -0.2) is 0 Å². The minimum absolute atomic E-state index is 0.00609. The van der Waals surface area contributed by atoms with Gasteiger partial charge in [-0.05, 0) is 47.6 Å². The molecule has 0 aliphatic heterocycles. The number of aryl methyl sites for hydroxylation is 1. The minimum atomic E-state index is -1.11. The number of esters is 1. The first-order chi connectivity index (χ1) is 13.3. The molecule has 2 rings (SSSR count). The monoisotopic (exact) mass is 383 g/mol. The van der Waals surface area contributed by atoms with Gasteiger partial charge in [0.2, 0.25) is 5.91 Å². The summed E-state index contributed by atoms with van der Waals surface area (Å²) in [4.78, 5) is 24.3. The van der Waals surface area contributed by atoms with Gasteiger partial charge in [0.1, 0.15) is 6.10 Å². The normalized spacial score (nSPS) is 13.1. The molecule has 0 aliphatic carbocycles. The Hall–Kier alpha value is -2.66. The molecule has 0 saturated heterocycles. The fourth-order valence-corrected chi connectivity index (χ4v) is 3.14. The second-order valence-corrected chi connectivity index (χ2v) is 7.43. The van der Waals surface area contributed by atoms with Gasteiger partial charge in [-0.3, -0.25) is 9.59 Å². The van der Waals surface area contributed by atoms with Gasteiger partial charge < -0.3 is 15.2 Å². The van der Waals surface area contributed by atoms with Crippen molar-refractivity contribution in [1.29, 1.82) is 0 Å². The van der Waals surface area contributed by atoms with E-state index in [-0.39, 0.29) is 12.3 Å². The summed E-state index contributed by atoms with van der Waals surface area (Å²) in [6.07, 6.45) is -0.756. The van der Waals surface area contributed by atoms with Crippen LogP contribution < -0.4 is 5.32 Å². The molecule has 1 amide bonds. The van der Waals surface area contributed by atoms with Gasteiger partial charge in [0.25, 0.3) is 0 Å². The summed E-state index contributed by atoms with van der Waals surface area (Å²) in [5.41, 5.74) is 4.02. The van der Waals surface area contributed by atoms with Gasteiger partial charge in [0.05, 0.1) is 19.6 Å². The Morgan fingerprint density at radius 1 is 1.11 bits per heavy atom. The highest BCUT2D eigenvalue weighted by atomic mass is 16.5. The molecule has 0 spiro atoms. The van der Waals surface area contributed by atoms with Gasteiger partial charge in [0, 0.05) is 0 Å². The fraction of sp³-hybridized carbons (Fsp3) is 0.391. The van der Waals surface area contributed by atoms with Crippen LogP contribution >= 0.6 is 0 Å². The lowest BCUT2D eigenvalue weighted by molar-refractivity contribution is -0.141. The number of methoxy groups -OCH3 is 1. The summed E-state index contributed by atoms with van der Waals surface area (Å²) >= 11 is 0. The predicted octanol–water partition coefficient (Wildman–Crippen LogP) is 3.79. The van der Waals surface area contributed by atoms with E-state index in [0.29, 0.717) is 6.42 Å². The third-order valence-electron chi connectivity index (χ3n) is 4.66. The Balaban J connectivity index is 2.31. The highest BCUT2D eigenvalue weighted by Gasteiger charge is 2.24. The second kappa shape index (κ2) is 10.0. The van der Waals surface area contributed by atoms with Crippen molar-refractivity contribution in [1.82, 2.24) is 5.32 Å². The standard InChI is InChI=1S/C23H29NO4/c1-15(2)12-21(25)23(27)24-20(14-22(26)28-4)18-10-7-9-17(13-18)19-11-6-5-8-16(19)3/h5-11,13,15,20-21,25H,12,14H2,1-4H3,(H,24,27). The smallest absolute Gasteiger partial charge is 0.307 e. The lowest BCUT2D eigenvalue weighted by Gasteiger charge is -2.22. The van der Waals surface area contributed by atoms with E-state index in [2.05, 4.69) is 5.32 Å². The van der Waals surface area contributed by atoms with Crippen LogP contribution in [0.5, 0.6) is 0 Å². The Bertz CT molecular complexity index is 816. The van der Waals surface area contributed by atoms with E-state index in [0.717, 1.165) is 22.3 Å². The first-order valence-corrected chi connectivity index (χ1v) is 9.53. The van der Waals surface area contributed by atoms with Crippen molar-refractivity contribution in [2.75, 3.05) is 7.11 Å². The van der Waals surface area contributed by atoms with Crippen LogP contribution in [0.4, 0.5) is 0 Å². The van der Waals surface area contributed by atoms with Crippen LogP contribution in [-0.4, -0.2) is 30.2 Å². The summed E-state index contributed by atoms with van der Waals surface area (Å²) in [7, 11) is 1.32. The Morgan fingerprint density at radius 3 is 2.46 bits per heavy atom. The molecule has 0 bridgehead atoms. The second-order valence-electron chi connectivity index (χ2n) is 7.43. The van der Waals surface area contributed by atoms with Crippen molar-refractivity contribution in [3.8, 4) is 11.1 Å². The number of aliphatic hydroxyl groups excluding tert-OH is 1. The van der Waals surface area contributed by atoms with Crippen molar-refractivity contribution in [2.45, 2.75) is 45.8 Å². The Morgan fingerprint density at radius 2 is 1.82 bits per heavy atom. The van der Waals surface area contributed by atoms with E-state index in [9.17, 15) is 14.7 Å². The fourth-order valence-electron chi connectivity index (χ4n) is 3.14. The molecule has 2 unspecified atom stereocenters. The molecule has 0 heterocycles. The molecule has 5 nitrogen and oxygen atoms in total. The van der Waals surface area contributed by atoms with Crippen molar-refractivity contribution in [3.05, 3.63) is 59.7 Å². The third kappa shape index (κ3) is 5.92. The number of hydrogen-bond donors (Lipinski definition) is 2. The quantitative estimate of drug-likeness (QED) is 0.680. The van der Waals surface area contributed by atoms with E-state index >= 15 is 0 Å². The molecule has 0 radical (unpaired) electrons. The molecule has 2 N–H and O–H groups in total. The van der Waals surface area contributed by atoms with Crippen LogP contribution in [-0.2, 0) is 14.3 Å². The molecule has 0 aliphatic rings. The predicted molar refractivity (Wildman–Crippen MR) is 110 cm³/mol. The maximum Gasteiger partial charge on any atom is 0.307 e. The SMILES string of the molecule is COC(=O)CC(NC(=O)C(O)CC(C)C)c1cccc(-c2ccccc2C)c1. The zero-order valence-electron chi connectivity index (χ0n) is 16.9. The molecule has 2 aromatic carbocycles. The van der Waals surface area contributed by atoms with Crippen LogP contribution in [0.3, 0.4) is 0 Å². The van der Waals surface area contributed by atoms with Crippen LogP contribution in [0, 0.1) is 12.8 Å². The van der Waals surface area contributed by atoms with E-state index in [1.54, 1.807) is 0 Å². The number of carbonyl (C=O) groups is 2. The highest BCUT2D eigenvalue weighted by molar-refractivity contribution is 5.82. The van der Waals surface area contributed by atoms with Gasteiger partial charge in [-0.2, -0.15) is 0 Å². The molecular weight excluding hydrogens is 354 g/mol. The van der Waals surface area contributed by atoms with E-state index in [1.807, 2.05) is 69.3 Å². The van der Waals surface area contributed by atoms with E-state index in [1.165, 1.54) is 7.11 Å². The summed E-state index contributed by atoms with van der Waals surface area (Å²) in [6, 6.07) is 15.2. The van der Waals surface area contributed by atoms with Crippen molar-refractivity contribution in [3.63, 3.8) is 0 Å². The molecular formula is C23H29NO4. The first-order valence-electron chi connectivity index (χ1n) is 9.53. The van der Waals surface area contributed by atoms with Gasteiger partial charge in [-0.1, -0.05) is 56.3 Å². The summed E-state index contributed by atoms with van der Waals surface area (Å²) in [5.74, 6) is -0.724. The average Bonchev–Trinajstić information content (AvgIpc) is 2.67. The van der Waals surface area contributed by atoms with Crippen molar-refractivity contribution in [2.24, 2.45) is 5.92 Å². The van der Waals surface area contributed by atoms with Gasteiger partial charge in [0.15, 0.2) is 0 Å². The van der Waals surface area contributed by atoms with E-state index < -0.39 is 24.0 Å². The lowest BCUT2D eigenvalue weighted by Crippen LogP contribution is -2.38. The first kappa shape index (κ1) is 21.6. The highest BCUT2D eigenvalue weighted by Crippen LogP contribution is 2.27. The number of benzene rings is 2. The van der Waals surface area contributed by atoms with Crippen LogP contribution in [0.15, 0.2) is 48.5 Å². The maximum atomic E-state index is 12.4. The number of aliphatic hydroxyl groups is 1. The lowest BCUT2D eigenvalue weighted by atomic mass is 9.95. The van der Waals surface area contributed by atoms with Crippen LogP contribution in [0.1, 0.15) is 43.9 Å². The summed E-state index contributed by atoms with van der Waals surface area (Å²) in [5, 5.41) is 12.9. The molecule has 5 heteroatoms. The number of amides is 1. The molecule has 0 aromatic heterocycles. The minimum Gasteiger partial charge on any atom is -0.469 e. The average molecular weight is 383 g/mol. The molecule has 0 saturated carbocycles. The Kier molecular flexibility index (Phi) is 7.76. The molecule has 2 atom stereocenters. The number of hydrogen-bond acceptors (Lipinski definition) is 4. The maximum absolute atomic E-state index is 12.4. The van der Waals surface area contributed by atoms with Crippen molar-refractivity contribution >= 4 is 11.9 Å². The zero-order valence-corrected chi connectivity index (χ0v) is 16.9. The summed E-state index contributed by atoms with van der Waals surface area (Å²) < 4.78 is 4.79. The molecule has 28 heavy (non-hydrogen) atoms. The number of nitrogens with one attached hydrogen (secondary N) is 1. The Labute approximate surface area is 166 Å². The molecule has 2 aromatic rings. The zero-order chi connectivity index (χ0) is 20.7. The molecule has 0 fully saturated rings. The molecule has 150 valence electrons.